The first kappa shape index (κ1) is 16.8. The Hall–Kier alpha value is -0.540. The molecule has 1 unspecified atom stereocenters. The number of hydrogen-bond acceptors (Lipinski definition) is 2. The maximum atomic E-state index is 6.39. The van der Waals surface area contributed by atoms with Crippen LogP contribution < -0.4 is 5.32 Å². The number of nitrogens with one attached hydrogen (secondary N) is 1. The molecule has 1 N–H and O–H groups in total. The van der Waals surface area contributed by atoms with E-state index < -0.39 is 0 Å². The van der Waals surface area contributed by atoms with Crippen molar-refractivity contribution < 1.29 is 0 Å². The van der Waals surface area contributed by atoms with Gasteiger partial charge in [0.1, 0.15) is 0 Å². The fraction of sp³-hybridized carbons (Fsp3) is 0.412. The molecule has 0 radical (unpaired) electrons. The third kappa shape index (κ3) is 3.81. The molecule has 2 rings (SSSR count). The van der Waals surface area contributed by atoms with Crippen LogP contribution in [0.2, 0.25) is 8.67 Å². The second kappa shape index (κ2) is 6.70. The molecule has 21 heavy (non-hydrogen) atoms. The molecule has 0 amide bonds. The molecule has 1 heterocycles. The van der Waals surface area contributed by atoms with E-state index in [2.05, 4.69) is 57.3 Å². The van der Waals surface area contributed by atoms with E-state index >= 15 is 0 Å². The van der Waals surface area contributed by atoms with Crippen LogP contribution >= 0.6 is 34.5 Å². The SMILES string of the molecule is CCNC(c1ccccc1C(C)(C)C)c1cc(Cl)sc1Cl. The molecule has 4 heteroatoms. The molecule has 1 aromatic carbocycles. The lowest BCUT2D eigenvalue weighted by Crippen LogP contribution is -2.25. The van der Waals surface area contributed by atoms with Crippen LogP contribution in [0.5, 0.6) is 0 Å². The molecule has 0 saturated heterocycles. The standard InChI is InChI=1S/C17H21Cl2NS/c1-5-20-15(12-10-14(18)21-16(12)19)11-8-6-7-9-13(11)17(2,3)4/h6-10,15,20H,5H2,1-4H3. The fourth-order valence-corrected chi connectivity index (χ4v) is 4.11. The molecule has 0 bridgehead atoms. The van der Waals surface area contributed by atoms with E-state index in [1.807, 2.05) is 6.07 Å². The molecule has 0 fully saturated rings. The van der Waals surface area contributed by atoms with Gasteiger partial charge >= 0.3 is 0 Å². The van der Waals surface area contributed by atoms with Gasteiger partial charge in [-0.1, -0.05) is 75.2 Å². The van der Waals surface area contributed by atoms with E-state index in [0.29, 0.717) is 0 Å². The molecule has 1 atom stereocenters. The van der Waals surface area contributed by atoms with Crippen molar-refractivity contribution in [2.45, 2.75) is 39.2 Å². The van der Waals surface area contributed by atoms with E-state index in [9.17, 15) is 0 Å². The van der Waals surface area contributed by atoms with Crippen molar-refractivity contribution in [2.24, 2.45) is 0 Å². The first-order valence-corrected chi connectivity index (χ1v) is 8.69. The number of hydrogen-bond donors (Lipinski definition) is 1. The third-order valence-electron chi connectivity index (χ3n) is 3.48. The zero-order valence-corrected chi connectivity index (χ0v) is 15.2. The molecule has 0 aliphatic rings. The fourth-order valence-electron chi connectivity index (χ4n) is 2.57. The van der Waals surface area contributed by atoms with Gasteiger partial charge in [-0.05, 0) is 29.2 Å². The smallest absolute Gasteiger partial charge is 0.0995 e. The molecule has 0 aliphatic heterocycles. The van der Waals surface area contributed by atoms with Crippen LogP contribution in [0.25, 0.3) is 0 Å². The van der Waals surface area contributed by atoms with Crippen molar-refractivity contribution in [1.82, 2.24) is 5.32 Å². The summed E-state index contributed by atoms with van der Waals surface area (Å²) in [6.07, 6.45) is 0. The van der Waals surface area contributed by atoms with Gasteiger partial charge in [0.15, 0.2) is 0 Å². The monoisotopic (exact) mass is 341 g/mol. The Labute approximate surface area is 141 Å². The summed E-state index contributed by atoms with van der Waals surface area (Å²) in [5, 5.41) is 3.55. The first-order valence-electron chi connectivity index (χ1n) is 7.12. The highest BCUT2D eigenvalue weighted by Gasteiger charge is 2.25. The molecule has 0 saturated carbocycles. The number of thiophene rings is 1. The Morgan fingerprint density at radius 3 is 2.33 bits per heavy atom. The molecule has 2 aromatic rings. The van der Waals surface area contributed by atoms with Gasteiger partial charge in [-0.25, -0.2) is 0 Å². The van der Waals surface area contributed by atoms with Crippen LogP contribution in [0.4, 0.5) is 0 Å². The summed E-state index contributed by atoms with van der Waals surface area (Å²) in [5.74, 6) is 0. The van der Waals surface area contributed by atoms with Gasteiger partial charge < -0.3 is 5.32 Å². The summed E-state index contributed by atoms with van der Waals surface area (Å²) < 4.78 is 1.49. The van der Waals surface area contributed by atoms with E-state index in [-0.39, 0.29) is 11.5 Å². The molecule has 1 nitrogen and oxygen atoms in total. The molecule has 0 spiro atoms. The largest absolute Gasteiger partial charge is 0.306 e. The van der Waals surface area contributed by atoms with Crippen molar-refractivity contribution in [2.75, 3.05) is 6.54 Å². The van der Waals surface area contributed by atoms with Gasteiger partial charge in [-0.3, -0.25) is 0 Å². The summed E-state index contributed by atoms with van der Waals surface area (Å²) in [4.78, 5) is 0. The predicted molar refractivity (Wildman–Crippen MR) is 95.0 cm³/mol. The maximum absolute atomic E-state index is 6.39. The lowest BCUT2D eigenvalue weighted by molar-refractivity contribution is 0.557. The summed E-state index contributed by atoms with van der Waals surface area (Å²) in [6.45, 7) is 9.67. The Balaban J connectivity index is 2.56. The number of halogens is 2. The minimum atomic E-state index is 0.0710. The van der Waals surface area contributed by atoms with Gasteiger partial charge in [0.2, 0.25) is 0 Å². The van der Waals surface area contributed by atoms with Crippen LogP contribution in [0.3, 0.4) is 0 Å². The molecular weight excluding hydrogens is 321 g/mol. The van der Waals surface area contributed by atoms with E-state index in [0.717, 1.165) is 20.8 Å². The van der Waals surface area contributed by atoms with Gasteiger partial charge in [0.25, 0.3) is 0 Å². The minimum Gasteiger partial charge on any atom is -0.306 e. The van der Waals surface area contributed by atoms with Crippen molar-refractivity contribution >= 4 is 34.5 Å². The Kier molecular flexibility index (Phi) is 5.37. The Morgan fingerprint density at radius 1 is 1.14 bits per heavy atom. The van der Waals surface area contributed by atoms with Gasteiger partial charge in [-0.2, -0.15) is 0 Å². The normalized spacial score (nSPS) is 13.4. The van der Waals surface area contributed by atoms with E-state index in [1.165, 1.54) is 22.5 Å². The van der Waals surface area contributed by atoms with Crippen molar-refractivity contribution in [1.29, 1.82) is 0 Å². The average Bonchev–Trinajstić information content (AvgIpc) is 2.74. The van der Waals surface area contributed by atoms with Gasteiger partial charge in [0, 0.05) is 5.56 Å². The van der Waals surface area contributed by atoms with Gasteiger partial charge in [0.05, 0.1) is 14.7 Å². The third-order valence-corrected chi connectivity index (χ3v) is 5.00. The van der Waals surface area contributed by atoms with Crippen molar-refractivity contribution in [3.05, 3.63) is 55.7 Å². The second-order valence-electron chi connectivity index (χ2n) is 6.11. The highest BCUT2D eigenvalue weighted by atomic mass is 35.5. The van der Waals surface area contributed by atoms with E-state index in [4.69, 9.17) is 23.2 Å². The lowest BCUT2D eigenvalue weighted by atomic mass is 9.81. The number of rotatable bonds is 4. The summed E-state index contributed by atoms with van der Waals surface area (Å²) in [6, 6.07) is 10.6. The molecule has 114 valence electrons. The highest BCUT2D eigenvalue weighted by Crippen LogP contribution is 2.40. The highest BCUT2D eigenvalue weighted by molar-refractivity contribution is 7.20. The second-order valence-corrected chi connectivity index (χ2v) is 8.39. The summed E-state index contributed by atoms with van der Waals surface area (Å²) in [7, 11) is 0. The van der Waals surface area contributed by atoms with Crippen LogP contribution in [0, 0.1) is 0 Å². The van der Waals surface area contributed by atoms with Crippen LogP contribution in [0.1, 0.15) is 50.4 Å². The molecular formula is C17H21Cl2NS. The van der Waals surface area contributed by atoms with Crippen LogP contribution in [0.15, 0.2) is 30.3 Å². The zero-order valence-electron chi connectivity index (χ0n) is 12.8. The molecule has 1 aromatic heterocycles. The Bertz CT molecular complexity index is 613. The number of benzene rings is 1. The van der Waals surface area contributed by atoms with Gasteiger partial charge in [-0.15, -0.1) is 11.3 Å². The zero-order chi connectivity index (χ0) is 15.6. The predicted octanol–water partition coefficient (Wildman–Crippen LogP) is 6.05. The first-order chi connectivity index (χ1) is 9.84. The lowest BCUT2D eigenvalue weighted by Gasteiger charge is -2.28. The van der Waals surface area contributed by atoms with Crippen LogP contribution in [-0.2, 0) is 5.41 Å². The van der Waals surface area contributed by atoms with E-state index in [1.54, 1.807) is 0 Å². The minimum absolute atomic E-state index is 0.0710. The molecule has 0 aliphatic carbocycles. The summed E-state index contributed by atoms with van der Waals surface area (Å²) in [5.41, 5.74) is 3.74. The maximum Gasteiger partial charge on any atom is 0.0995 e. The quantitative estimate of drug-likeness (QED) is 0.713. The van der Waals surface area contributed by atoms with Crippen LogP contribution in [-0.4, -0.2) is 6.54 Å². The Morgan fingerprint density at radius 2 is 1.81 bits per heavy atom. The van der Waals surface area contributed by atoms with Crippen molar-refractivity contribution in [3.63, 3.8) is 0 Å². The topological polar surface area (TPSA) is 12.0 Å². The van der Waals surface area contributed by atoms with Crippen molar-refractivity contribution in [3.8, 4) is 0 Å². The summed E-state index contributed by atoms with van der Waals surface area (Å²) >= 11 is 13.9. The average molecular weight is 342 g/mol.